The lowest BCUT2D eigenvalue weighted by molar-refractivity contribution is -0.384. The first-order valence-electron chi connectivity index (χ1n) is 11.8. The molecule has 0 saturated carbocycles. The number of benzene rings is 2. The number of thioether (sulfide) groups is 1. The molecule has 1 atom stereocenters. The summed E-state index contributed by atoms with van der Waals surface area (Å²) in [5.74, 6) is 1.96. The third-order valence-electron chi connectivity index (χ3n) is 6.34. The number of nitrogens with zero attached hydrogens (tertiary/aromatic N) is 4. The van der Waals surface area contributed by atoms with Crippen LogP contribution in [-0.2, 0) is 10.5 Å². The fourth-order valence-corrected chi connectivity index (χ4v) is 5.58. The SMILES string of the molecule is CCOc1ccccc1[C@@H]1C2=C(CC(C)(C)CC2=O)Nc2nc(SCc3ccc([N+](=O)[O-])cc3)nn21. The van der Waals surface area contributed by atoms with Gasteiger partial charge in [0.1, 0.15) is 11.8 Å². The summed E-state index contributed by atoms with van der Waals surface area (Å²) >= 11 is 1.44. The summed E-state index contributed by atoms with van der Waals surface area (Å²) < 4.78 is 7.71. The normalized spacial score (nSPS) is 18.3. The number of non-ortho nitro benzene ring substituents is 1. The number of carbonyl (C=O) groups excluding carboxylic acids is 1. The minimum absolute atomic E-state index is 0.0589. The maximum atomic E-state index is 13.4. The molecule has 10 heteroatoms. The van der Waals surface area contributed by atoms with Crippen LogP contribution >= 0.6 is 11.8 Å². The second-order valence-corrected chi connectivity index (χ2v) is 10.6. The third-order valence-corrected chi connectivity index (χ3v) is 7.25. The summed E-state index contributed by atoms with van der Waals surface area (Å²) in [6.07, 6.45) is 1.20. The van der Waals surface area contributed by atoms with Gasteiger partial charge in [-0.2, -0.15) is 4.98 Å². The van der Waals surface area contributed by atoms with E-state index in [9.17, 15) is 14.9 Å². The molecular weight excluding hydrogens is 478 g/mol. The van der Waals surface area contributed by atoms with Crippen molar-refractivity contribution < 1.29 is 14.5 Å². The molecule has 1 aliphatic carbocycles. The number of carbonyl (C=O) groups is 1. The van der Waals surface area contributed by atoms with Crippen LogP contribution in [0.1, 0.15) is 50.8 Å². The molecule has 0 spiro atoms. The second kappa shape index (κ2) is 9.42. The van der Waals surface area contributed by atoms with Gasteiger partial charge in [-0.25, -0.2) is 4.68 Å². The van der Waals surface area contributed by atoms with Crippen LogP contribution in [0.2, 0.25) is 0 Å². The molecule has 1 aliphatic heterocycles. The Bertz CT molecular complexity index is 1360. The van der Waals surface area contributed by atoms with Crippen molar-refractivity contribution in [3.63, 3.8) is 0 Å². The lowest BCUT2D eigenvalue weighted by atomic mass is 9.73. The molecule has 0 radical (unpaired) electrons. The van der Waals surface area contributed by atoms with Crippen LogP contribution in [0.15, 0.2) is 65.0 Å². The van der Waals surface area contributed by atoms with E-state index in [-0.39, 0.29) is 16.9 Å². The average molecular weight is 506 g/mol. The molecule has 0 amide bonds. The second-order valence-electron chi connectivity index (χ2n) is 9.71. The first kappa shape index (κ1) is 24.1. The Morgan fingerprint density at radius 1 is 1.19 bits per heavy atom. The van der Waals surface area contributed by atoms with E-state index in [1.165, 1.54) is 23.9 Å². The van der Waals surface area contributed by atoms with Crippen molar-refractivity contribution in [2.45, 2.75) is 50.6 Å². The summed E-state index contributed by atoms with van der Waals surface area (Å²) in [5, 5.41) is 19.7. The van der Waals surface area contributed by atoms with Gasteiger partial charge >= 0.3 is 0 Å². The van der Waals surface area contributed by atoms with Crippen LogP contribution in [0.25, 0.3) is 0 Å². The van der Waals surface area contributed by atoms with Crippen molar-refractivity contribution in [1.29, 1.82) is 0 Å². The van der Waals surface area contributed by atoms with Crippen molar-refractivity contribution >= 4 is 29.2 Å². The molecule has 36 heavy (non-hydrogen) atoms. The molecule has 186 valence electrons. The molecule has 2 aliphatic rings. The number of rotatable bonds is 7. The molecule has 5 rings (SSSR count). The highest BCUT2D eigenvalue weighted by Gasteiger charge is 2.42. The molecule has 1 N–H and O–H groups in total. The van der Waals surface area contributed by atoms with Gasteiger partial charge in [0.2, 0.25) is 11.1 Å². The van der Waals surface area contributed by atoms with E-state index < -0.39 is 11.0 Å². The van der Waals surface area contributed by atoms with Gasteiger partial charge in [0.05, 0.1) is 11.5 Å². The Hall–Kier alpha value is -3.66. The monoisotopic (exact) mass is 505 g/mol. The van der Waals surface area contributed by atoms with Crippen LogP contribution in [0.4, 0.5) is 11.6 Å². The molecule has 0 fully saturated rings. The number of anilines is 1. The Kier molecular flexibility index (Phi) is 6.29. The summed E-state index contributed by atoms with van der Waals surface area (Å²) in [5.41, 5.74) is 3.31. The van der Waals surface area contributed by atoms with Crippen molar-refractivity contribution in [3.8, 4) is 5.75 Å². The fraction of sp³-hybridized carbons (Fsp3) is 0.346. The van der Waals surface area contributed by atoms with Gasteiger partial charge in [0, 0.05) is 41.1 Å². The lowest BCUT2D eigenvalue weighted by Gasteiger charge is -2.38. The Labute approximate surface area is 213 Å². The number of hydrogen-bond donors (Lipinski definition) is 1. The standard InChI is InChI=1S/C26H27N5O4S/c1-4-35-21-8-6-5-7-18(21)23-22-19(13-26(2,3)14-20(22)32)27-24-28-25(29-30(23)24)36-15-16-9-11-17(12-10-16)31(33)34/h5-12,23H,4,13-15H2,1-3H3,(H,27,28,29)/t23-/m1/s1. The molecule has 0 unspecified atom stereocenters. The minimum atomic E-state index is -0.441. The van der Waals surface area contributed by atoms with Crippen LogP contribution in [0.3, 0.4) is 0 Å². The van der Waals surface area contributed by atoms with Gasteiger partial charge in [-0.1, -0.05) is 55.9 Å². The molecular formula is C26H27N5O4S. The number of para-hydroxylation sites is 1. The van der Waals surface area contributed by atoms with E-state index in [1.807, 2.05) is 31.2 Å². The highest BCUT2D eigenvalue weighted by atomic mass is 32.2. The van der Waals surface area contributed by atoms with Crippen LogP contribution in [-0.4, -0.2) is 32.1 Å². The number of hydrogen-bond acceptors (Lipinski definition) is 8. The number of ether oxygens (including phenoxy) is 1. The number of nitrogens with one attached hydrogen (secondary N) is 1. The van der Waals surface area contributed by atoms with E-state index in [4.69, 9.17) is 14.8 Å². The summed E-state index contributed by atoms with van der Waals surface area (Å²) in [4.78, 5) is 28.7. The van der Waals surface area contributed by atoms with E-state index in [2.05, 4.69) is 19.2 Å². The van der Waals surface area contributed by atoms with Gasteiger partial charge in [0.15, 0.2) is 5.78 Å². The largest absolute Gasteiger partial charge is 0.494 e. The number of allylic oxidation sites excluding steroid dienone is 2. The predicted molar refractivity (Wildman–Crippen MR) is 137 cm³/mol. The van der Waals surface area contributed by atoms with Crippen molar-refractivity contribution in [2.75, 3.05) is 11.9 Å². The zero-order valence-electron chi connectivity index (χ0n) is 20.4. The number of Topliss-reactive ketones (excluding diaryl/α,β-unsaturated/α-hetero) is 1. The first-order chi connectivity index (χ1) is 17.3. The average Bonchev–Trinajstić information content (AvgIpc) is 3.24. The Balaban J connectivity index is 1.51. The predicted octanol–water partition coefficient (Wildman–Crippen LogP) is 5.54. The van der Waals surface area contributed by atoms with Gasteiger partial charge < -0.3 is 10.1 Å². The van der Waals surface area contributed by atoms with Gasteiger partial charge in [-0.15, -0.1) is 5.10 Å². The smallest absolute Gasteiger partial charge is 0.269 e. The summed E-state index contributed by atoms with van der Waals surface area (Å²) in [6, 6.07) is 13.8. The van der Waals surface area contributed by atoms with E-state index in [0.29, 0.717) is 35.5 Å². The zero-order chi connectivity index (χ0) is 25.4. The van der Waals surface area contributed by atoms with E-state index in [0.717, 1.165) is 29.0 Å². The van der Waals surface area contributed by atoms with Crippen molar-refractivity contribution in [1.82, 2.24) is 14.8 Å². The molecule has 0 bridgehead atoms. The van der Waals surface area contributed by atoms with Gasteiger partial charge in [0.25, 0.3) is 5.69 Å². The van der Waals surface area contributed by atoms with Crippen LogP contribution in [0.5, 0.6) is 5.75 Å². The number of ketones is 1. The number of nitro benzene ring substituents is 1. The number of fused-ring (bicyclic) bond motifs is 1. The fourth-order valence-electron chi connectivity index (χ4n) is 4.79. The highest BCUT2D eigenvalue weighted by molar-refractivity contribution is 7.98. The minimum Gasteiger partial charge on any atom is -0.494 e. The zero-order valence-corrected chi connectivity index (χ0v) is 21.2. The quantitative estimate of drug-likeness (QED) is 0.253. The molecule has 2 heterocycles. The Morgan fingerprint density at radius 2 is 1.94 bits per heavy atom. The van der Waals surface area contributed by atoms with Gasteiger partial charge in [-0.05, 0) is 30.4 Å². The topological polar surface area (TPSA) is 112 Å². The molecule has 9 nitrogen and oxygen atoms in total. The molecule has 0 saturated heterocycles. The number of aromatic nitrogens is 3. The van der Waals surface area contributed by atoms with E-state index in [1.54, 1.807) is 16.8 Å². The number of nitro groups is 1. The maximum Gasteiger partial charge on any atom is 0.269 e. The van der Waals surface area contributed by atoms with E-state index >= 15 is 0 Å². The summed E-state index contributed by atoms with van der Waals surface area (Å²) in [6.45, 7) is 6.65. The van der Waals surface area contributed by atoms with Crippen molar-refractivity contribution in [2.24, 2.45) is 5.41 Å². The Morgan fingerprint density at radius 3 is 2.67 bits per heavy atom. The third kappa shape index (κ3) is 4.60. The first-order valence-corrected chi connectivity index (χ1v) is 12.8. The highest BCUT2D eigenvalue weighted by Crippen LogP contribution is 2.47. The van der Waals surface area contributed by atoms with Crippen LogP contribution in [0, 0.1) is 15.5 Å². The van der Waals surface area contributed by atoms with Crippen molar-refractivity contribution in [3.05, 3.63) is 81.0 Å². The molecule has 1 aromatic heterocycles. The maximum absolute atomic E-state index is 13.4. The molecule has 2 aromatic carbocycles. The lowest BCUT2D eigenvalue weighted by Crippen LogP contribution is -2.36. The summed E-state index contributed by atoms with van der Waals surface area (Å²) in [7, 11) is 0. The molecule has 3 aromatic rings. The van der Waals surface area contributed by atoms with Crippen LogP contribution < -0.4 is 10.1 Å². The van der Waals surface area contributed by atoms with Gasteiger partial charge in [-0.3, -0.25) is 14.9 Å².